The van der Waals surface area contributed by atoms with Gasteiger partial charge < -0.3 is 16.0 Å². The van der Waals surface area contributed by atoms with Crippen LogP contribution in [0.25, 0.3) is 11.0 Å². The number of nitrogens with zero attached hydrogens (tertiary/aromatic N) is 2. The fraction of sp³-hybridized carbons (Fsp3) is 0.333. The highest BCUT2D eigenvalue weighted by Gasteiger charge is 2.11. The summed E-state index contributed by atoms with van der Waals surface area (Å²) in [6.45, 7) is 6.90. The van der Waals surface area contributed by atoms with Crippen LogP contribution in [-0.4, -0.2) is 15.0 Å². The van der Waals surface area contributed by atoms with E-state index in [-0.39, 0.29) is 12.0 Å². The summed E-state index contributed by atoms with van der Waals surface area (Å²) in [5.41, 5.74) is 9.10. The van der Waals surface area contributed by atoms with Crippen molar-refractivity contribution in [3.05, 3.63) is 53.5 Å². The second-order valence-corrected chi connectivity index (χ2v) is 6.21. The average Bonchev–Trinajstić information content (AvgIpc) is 3.01. The van der Waals surface area contributed by atoms with Crippen LogP contribution in [0.2, 0.25) is 0 Å². The Labute approximate surface area is 136 Å². The highest BCUT2D eigenvalue weighted by Crippen LogP contribution is 2.23. The van der Waals surface area contributed by atoms with Gasteiger partial charge in [0.2, 0.25) is 0 Å². The van der Waals surface area contributed by atoms with Crippen molar-refractivity contribution in [2.75, 3.05) is 5.32 Å². The van der Waals surface area contributed by atoms with E-state index in [4.69, 9.17) is 5.73 Å². The third kappa shape index (κ3) is 3.35. The zero-order valence-electron chi connectivity index (χ0n) is 13.8. The molecular weight excluding hydrogens is 286 g/mol. The van der Waals surface area contributed by atoms with Crippen molar-refractivity contribution in [3.8, 4) is 0 Å². The topological polar surface area (TPSA) is 79.6 Å². The molecule has 3 aromatic rings. The maximum absolute atomic E-state index is 5.89. The van der Waals surface area contributed by atoms with Crippen LogP contribution in [-0.2, 0) is 6.54 Å². The number of H-pyrrole nitrogens is 1. The average molecular weight is 309 g/mol. The Kier molecular flexibility index (Phi) is 4.30. The summed E-state index contributed by atoms with van der Waals surface area (Å²) in [5.74, 6) is 2.00. The Bertz CT molecular complexity index is 787. The van der Waals surface area contributed by atoms with Gasteiger partial charge in [0.25, 0.3) is 0 Å². The molecule has 0 radical (unpaired) electrons. The number of aromatic nitrogens is 3. The van der Waals surface area contributed by atoms with E-state index < -0.39 is 0 Å². The molecule has 0 fully saturated rings. The van der Waals surface area contributed by atoms with Crippen molar-refractivity contribution in [1.29, 1.82) is 0 Å². The van der Waals surface area contributed by atoms with Gasteiger partial charge in [0, 0.05) is 24.7 Å². The molecule has 1 unspecified atom stereocenters. The maximum Gasteiger partial charge on any atom is 0.143 e. The molecule has 120 valence electrons. The van der Waals surface area contributed by atoms with Gasteiger partial charge in [-0.2, -0.15) is 0 Å². The predicted octanol–water partition coefficient (Wildman–Crippen LogP) is 3.71. The first-order chi connectivity index (χ1) is 11.0. The molecule has 5 heteroatoms. The van der Waals surface area contributed by atoms with Crippen molar-refractivity contribution >= 4 is 16.9 Å². The number of hydrogen-bond acceptors (Lipinski definition) is 4. The first-order valence-electron chi connectivity index (χ1n) is 7.98. The molecule has 1 aromatic carbocycles. The van der Waals surface area contributed by atoms with Crippen LogP contribution in [0.5, 0.6) is 0 Å². The fourth-order valence-corrected chi connectivity index (χ4v) is 2.48. The van der Waals surface area contributed by atoms with Crippen LogP contribution in [0.1, 0.15) is 49.7 Å². The van der Waals surface area contributed by atoms with E-state index in [2.05, 4.69) is 58.4 Å². The van der Waals surface area contributed by atoms with Crippen LogP contribution in [0.3, 0.4) is 0 Å². The van der Waals surface area contributed by atoms with Gasteiger partial charge in [-0.1, -0.05) is 38.1 Å². The lowest BCUT2D eigenvalue weighted by Gasteiger charge is -2.11. The van der Waals surface area contributed by atoms with E-state index in [0.717, 1.165) is 28.2 Å². The molecular formula is C18H23N5. The van der Waals surface area contributed by atoms with Crippen LogP contribution in [0.15, 0.2) is 36.5 Å². The summed E-state index contributed by atoms with van der Waals surface area (Å²) < 4.78 is 0. The Morgan fingerprint density at radius 3 is 2.48 bits per heavy atom. The van der Waals surface area contributed by atoms with E-state index in [1.54, 1.807) is 0 Å². The Morgan fingerprint density at radius 1 is 1.09 bits per heavy atom. The lowest BCUT2D eigenvalue weighted by Crippen LogP contribution is -2.07. The van der Waals surface area contributed by atoms with Gasteiger partial charge in [-0.3, -0.25) is 0 Å². The minimum atomic E-state index is 0.0620. The summed E-state index contributed by atoms with van der Waals surface area (Å²) in [6, 6.07) is 10.4. The maximum atomic E-state index is 5.89. The Hall–Kier alpha value is -2.40. The molecule has 0 aliphatic carbocycles. The molecule has 0 saturated carbocycles. The standard InChI is InChI=1S/C18H23N5/c1-11(2)16-22-17-15(8-9-20-17)18(23-16)21-10-13-4-6-14(7-5-13)12(3)19/h4-9,11-12H,10,19H2,1-3H3,(H2,20,21,22,23). The predicted molar refractivity (Wildman–Crippen MR) is 94.3 cm³/mol. The molecule has 0 spiro atoms. The molecule has 1 atom stereocenters. The molecule has 2 aromatic heterocycles. The monoisotopic (exact) mass is 309 g/mol. The number of fused-ring (bicyclic) bond motifs is 1. The fourth-order valence-electron chi connectivity index (χ4n) is 2.48. The SMILES string of the molecule is CC(C)c1nc(NCc2ccc(C(C)N)cc2)c2cc[nH]c2n1. The largest absolute Gasteiger partial charge is 0.365 e. The molecule has 0 aliphatic heterocycles. The van der Waals surface area contributed by atoms with Crippen molar-refractivity contribution in [1.82, 2.24) is 15.0 Å². The van der Waals surface area contributed by atoms with Gasteiger partial charge in [-0.05, 0) is 24.1 Å². The molecule has 23 heavy (non-hydrogen) atoms. The van der Waals surface area contributed by atoms with Gasteiger partial charge >= 0.3 is 0 Å². The highest BCUT2D eigenvalue weighted by molar-refractivity contribution is 5.87. The first-order valence-corrected chi connectivity index (χ1v) is 7.98. The molecule has 0 aliphatic rings. The molecule has 4 N–H and O–H groups in total. The third-order valence-electron chi connectivity index (χ3n) is 3.91. The van der Waals surface area contributed by atoms with Crippen molar-refractivity contribution in [2.45, 2.75) is 39.3 Å². The van der Waals surface area contributed by atoms with Gasteiger partial charge in [0.15, 0.2) is 0 Å². The summed E-state index contributed by atoms with van der Waals surface area (Å²) in [6.07, 6.45) is 1.89. The van der Waals surface area contributed by atoms with Gasteiger partial charge in [-0.15, -0.1) is 0 Å². The zero-order chi connectivity index (χ0) is 16.4. The highest BCUT2D eigenvalue weighted by atomic mass is 15.1. The number of nitrogens with two attached hydrogens (primary N) is 1. The molecule has 3 rings (SSSR count). The van der Waals surface area contributed by atoms with E-state index in [0.29, 0.717) is 6.54 Å². The van der Waals surface area contributed by atoms with Gasteiger partial charge in [-0.25, -0.2) is 9.97 Å². The second kappa shape index (κ2) is 6.38. The number of rotatable bonds is 5. The summed E-state index contributed by atoms with van der Waals surface area (Å²) in [5, 5.41) is 4.45. The van der Waals surface area contributed by atoms with Crippen molar-refractivity contribution in [3.63, 3.8) is 0 Å². The van der Waals surface area contributed by atoms with Crippen LogP contribution >= 0.6 is 0 Å². The molecule has 0 saturated heterocycles. The zero-order valence-corrected chi connectivity index (χ0v) is 13.8. The Morgan fingerprint density at radius 2 is 1.83 bits per heavy atom. The summed E-state index contributed by atoms with van der Waals surface area (Å²) in [4.78, 5) is 12.4. The summed E-state index contributed by atoms with van der Waals surface area (Å²) in [7, 11) is 0. The third-order valence-corrected chi connectivity index (χ3v) is 3.91. The van der Waals surface area contributed by atoms with Crippen LogP contribution < -0.4 is 11.1 Å². The van der Waals surface area contributed by atoms with Crippen LogP contribution in [0.4, 0.5) is 5.82 Å². The number of anilines is 1. The molecule has 0 amide bonds. The van der Waals surface area contributed by atoms with E-state index in [1.165, 1.54) is 5.56 Å². The lowest BCUT2D eigenvalue weighted by molar-refractivity contribution is 0.781. The van der Waals surface area contributed by atoms with Crippen molar-refractivity contribution in [2.24, 2.45) is 5.73 Å². The van der Waals surface area contributed by atoms with Crippen molar-refractivity contribution < 1.29 is 0 Å². The molecule has 5 nitrogen and oxygen atoms in total. The van der Waals surface area contributed by atoms with E-state index >= 15 is 0 Å². The molecule has 0 bridgehead atoms. The smallest absolute Gasteiger partial charge is 0.143 e. The number of hydrogen-bond donors (Lipinski definition) is 3. The number of nitrogens with one attached hydrogen (secondary N) is 2. The number of aromatic amines is 1. The normalized spacial score (nSPS) is 12.7. The minimum Gasteiger partial charge on any atom is -0.365 e. The Balaban J connectivity index is 1.82. The minimum absolute atomic E-state index is 0.0620. The van der Waals surface area contributed by atoms with Gasteiger partial charge in [0.1, 0.15) is 17.3 Å². The lowest BCUT2D eigenvalue weighted by atomic mass is 10.1. The van der Waals surface area contributed by atoms with E-state index in [9.17, 15) is 0 Å². The first kappa shape index (κ1) is 15.5. The van der Waals surface area contributed by atoms with Crippen LogP contribution in [0, 0.1) is 0 Å². The summed E-state index contributed by atoms with van der Waals surface area (Å²) >= 11 is 0. The quantitative estimate of drug-likeness (QED) is 0.671. The second-order valence-electron chi connectivity index (χ2n) is 6.21. The number of benzene rings is 1. The molecule has 2 heterocycles. The van der Waals surface area contributed by atoms with Gasteiger partial charge in [0.05, 0.1) is 5.39 Å². The van der Waals surface area contributed by atoms with E-state index in [1.807, 2.05) is 19.2 Å².